The SMILES string of the molecule is CCCN(CCC)c1cc(Nc2cccc(C#N)c2)nc(C)n1. The van der Waals surface area contributed by atoms with Crippen LogP contribution in [0.15, 0.2) is 30.3 Å². The molecule has 0 bridgehead atoms. The second kappa shape index (κ2) is 8.14. The second-order valence-electron chi connectivity index (χ2n) is 5.46. The lowest BCUT2D eigenvalue weighted by molar-refractivity contribution is 0.730. The van der Waals surface area contributed by atoms with Gasteiger partial charge in [-0.25, -0.2) is 9.97 Å². The molecule has 0 unspecified atom stereocenters. The van der Waals surface area contributed by atoms with Crippen LogP contribution >= 0.6 is 0 Å². The lowest BCUT2D eigenvalue weighted by atomic mass is 10.2. The lowest BCUT2D eigenvalue weighted by Gasteiger charge is -2.23. The molecule has 0 radical (unpaired) electrons. The highest BCUT2D eigenvalue weighted by Gasteiger charge is 2.09. The molecule has 0 aliphatic carbocycles. The molecule has 0 amide bonds. The number of rotatable bonds is 7. The Morgan fingerprint density at radius 3 is 2.52 bits per heavy atom. The van der Waals surface area contributed by atoms with E-state index in [0.29, 0.717) is 5.56 Å². The number of anilines is 3. The fourth-order valence-corrected chi connectivity index (χ4v) is 2.47. The van der Waals surface area contributed by atoms with Gasteiger partial charge >= 0.3 is 0 Å². The molecular formula is C18H23N5. The molecule has 1 N–H and O–H groups in total. The van der Waals surface area contributed by atoms with Crippen molar-refractivity contribution in [2.75, 3.05) is 23.3 Å². The number of nitrogens with zero attached hydrogens (tertiary/aromatic N) is 4. The number of nitriles is 1. The quantitative estimate of drug-likeness (QED) is 0.836. The Hall–Kier alpha value is -2.61. The van der Waals surface area contributed by atoms with Crippen LogP contribution in [0, 0.1) is 18.3 Å². The monoisotopic (exact) mass is 309 g/mol. The number of nitrogens with one attached hydrogen (secondary N) is 1. The first-order valence-corrected chi connectivity index (χ1v) is 8.04. The van der Waals surface area contributed by atoms with Crippen LogP contribution < -0.4 is 10.2 Å². The van der Waals surface area contributed by atoms with Crippen molar-refractivity contribution in [1.29, 1.82) is 5.26 Å². The maximum atomic E-state index is 9.00. The maximum Gasteiger partial charge on any atom is 0.136 e. The second-order valence-corrected chi connectivity index (χ2v) is 5.46. The Labute approximate surface area is 138 Å². The fourth-order valence-electron chi connectivity index (χ4n) is 2.47. The molecule has 0 spiro atoms. The van der Waals surface area contributed by atoms with Crippen LogP contribution in [0.1, 0.15) is 38.1 Å². The van der Waals surface area contributed by atoms with E-state index in [2.05, 4.69) is 40.1 Å². The summed E-state index contributed by atoms with van der Waals surface area (Å²) in [4.78, 5) is 11.3. The van der Waals surface area contributed by atoms with Crippen molar-refractivity contribution in [3.8, 4) is 6.07 Å². The molecule has 2 rings (SSSR count). The van der Waals surface area contributed by atoms with E-state index in [4.69, 9.17) is 5.26 Å². The van der Waals surface area contributed by atoms with Crippen molar-refractivity contribution in [1.82, 2.24) is 9.97 Å². The van der Waals surface area contributed by atoms with Gasteiger partial charge in [0.1, 0.15) is 17.5 Å². The van der Waals surface area contributed by atoms with Crippen LogP contribution in [0.3, 0.4) is 0 Å². The van der Waals surface area contributed by atoms with E-state index in [1.807, 2.05) is 31.2 Å². The van der Waals surface area contributed by atoms with E-state index in [-0.39, 0.29) is 0 Å². The Kier molecular flexibility index (Phi) is 5.93. The fraction of sp³-hybridized carbons (Fsp3) is 0.389. The van der Waals surface area contributed by atoms with Gasteiger partial charge in [0.05, 0.1) is 11.6 Å². The number of aryl methyl sites for hydroxylation is 1. The molecule has 2 aromatic rings. The van der Waals surface area contributed by atoms with Gasteiger partial charge in [-0.05, 0) is 38.0 Å². The predicted molar refractivity (Wildman–Crippen MR) is 94.0 cm³/mol. The van der Waals surface area contributed by atoms with Crippen molar-refractivity contribution >= 4 is 17.3 Å². The molecule has 1 aromatic heterocycles. The molecule has 23 heavy (non-hydrogen) atoms. The lowest BCUT2D eigenvalue weighted by Crippen LogP contribution is -2.26. The Bertz CT molecular complexity index is 684. The molecule has 5 heteroatoms. The van der Waals surface area contributed by atoms with Gasteiger partial charge in [-0.15, -0.1) is 0 Å². The van der Waals surface area contributed by atoms with Crippen molar-refractivity contribution in [2.45, 2.75) is 33.6 Å². The highest BCUT2D eigenvalue weighted by Crippen LogP contribution is 2.21. The minimum atomic E-state index is 0.625. The van der Waals surface area contributed by atoms with Crippen LogP contribution in [0.25, 0.3) is 0 Å². The zero-order chi connectivity index (χ0) is 16.7. The Morgan fingerprint density at radius 2 is 1.87 bits per heavy atom. The summed E-state index contributed by atoms with van der Waals surface area (Å²) < 4.78 is 0. The first-order chi connectivity index (χ1) is 11.2. The zero-order valence-electron chi connectivity index (χ0n) is 14.0. The van der Waals surface area contributed by atoms with E-state index in [1.165, 1.54) is 0 Å². The molecule has 0 saturated heterocycles. The van der Waals surface area contributed by atoms with Crippen LogP contribution in [0.5, 0.6) is 0 Å². The molecule has 1 aromatic carbocycles. The van der Waals surface area contributed by atoms with E-state index < -0.39 is 0 Å². The molecule has 0 aliphatic rings. The first kappa shape index (κ1) is 16.8. The number of aromatic nitrogens is 2. The van der Waals surface area contributed by atoms with Gasteiger partial charge in [-0.2, -0.15) is 5.26 Å². The molecule has 0 aliphatic heterocycles. The summed E-state index contributed by atoms with van der Waals surface area (Å²) in [5, 5.41) is 12.3. The molecular weight excluding hydrogens is 286 g/mol. The normalized spacial score (nSPS) is 10.2. The molecule has 120 valence electrons. The summed E-state index contributed by atoms with van der Waals surface area (Å²) in [6.45, 7) is 8.20. The highest BCUT2D eigenvalue weighted by molar-refractivity contribution is 5.61. The van der Waals surface area contributed by atoms with Gasteiger partial charge < -0.3 is 10.2 Å². The third kappa shape index (κ3) is 4.68. The third-order valence-electron chi connectivity index (χ3n) is 3.40. The summed E-state index contributed by atoms with van der Waals surface area (Å²) in [5.74, 6) is 2.43. The van der Waals surface area contributed by atoms with Crippen molar-refractivity contribution in [2.24, 2.45) is 0 Å². The van der Waals surface area contributed by atoms with Crippen LogP contribution in [-0.4, -0.2) is 23.1 Å². The molecule has 1 heterocycles. The van der Waals surface area contributed by atoms with E-state index in [9.17, 15) is 0 Å². The number of hydrogen-bond donors (Lipinski definition) is 1. The third-order valence-corrected chi connectivity index (χ3v) is 3.40. The topological polar surface area (TPSA) is 64.8 Å². The van der Waals surface area contributed by atoms with Crippen molar-refractivity contribution < 1.29 is 0 Å². The zero-order valence-corrected chi connectivity index (χ0v) is 14.0. The van der Waals surface area contributed by atoms with Crippen LogP contribution in [0.2, 0.25) is 0 Å². The number of hydrogen-bond acceptors (Lipinski definition) is 5. The summed E-state index contributed by atoms with van der Waals surface area (Å²) >= 11 is 0. The summed E-state index contributed by atoms with van der Waals surface area (Å²) in [7, 11) is 0. The van der Waals surface area contributed by atoms with Crippen LogP contribution in [-0.2, 0) is 0 Å². The molecule has 0 fully saturated rings. The van der Waals surface area contributed by atoms with Gasteiger partial charge in [-0.1, -0.05) is 19.9 Å². The van der Waals surface area contributed by atoms with Crippen molar-refractivity contribution in [3.63, 3.8) is 0 Å². The number of benzene rings is 1. The summed E-state index contributed by atoms with van der Waals surface area (Å²) in [6.07, 6.45) is 2.16. The van der Waals surface area contributed by atoms with Gasteiger partial charge in [0.25, 0.3) is 0 Å². The van der Waals surface area contributed by atoms with Gasteiger partial charge in [0.2, 0.25) is 0 Å². The van der Waals surface area contributed by atoms with Gasteiger partial charge in [0.15, 0.2) is 0 Å². The average Bonchev–Trinajstić information content (AvgIpc) is 2.54. The molecule has 5 nitrogen and oxygen atoms in total. The largest absolute Gasteiger partial charge is 0.356 e. The van der Waals surface area contributed by atoms with E-state index in [1.54, 1.807) is 6.07 Å². The predicted octanol–water partition coefficient (Wildman–Crippen LogP) is 4.03. The molecule has 0 atom stereocenters. The maximum absolute atomic E-state index is 9.00. The van der Waals surface area contributed by atoms with Gasteiger partial charge in [0, 0.05) is 24.8 Å². The highest BCUT2D eigenvalue weighted by atomic mass is 15.2. The van der Waals surface area contributed by atoms with Crippen molar-refractivity contribution in [3.05, 3.63) is 41.7 Å². The molecule has 0 saturated carbocycles. The van der Waals surface area contributed by atoms with E-state index >= 15 is 0 Å². The first-order valence-electron chi connectivity index (χ1n) is 8.04. The average molecular weight is 309 g/mol. The Morgan fingerprint density at radius 1 is 1.13 bits per heavy atom. The smallest absolute Gasteiger partial charge is 0.136 e. The summed E-state index contributed by atoms with van der Waals surface area (Å²) in [6, 6.07) is 11.5. The minimum Gasteiger partial charge on any atom is -0.356 e. The summed E-state index contributed by atoms with van der Waals surface area (Å²) in [5.41, 5.74) is 1.48. The van der Waals surface area contributed by atoms with Crippen LogP contribution in [0.4, 0.5) is 17.3 Å². The Balaban J connectivity index is 2.27. The van der Waals surface area contributed by atoms with Gasteiger partial charge in [-0.3, -0.25) is 0 Å². The standard InChI is InChI=1S/C18H23N5/c1-4-9-23(10-5-2)18-12-17(20-14(3)21-18)22-16-8-6-7-15(11-16)13-19/h6-8,11-12H,4-5,9-10H2,1-3H3,(H,20,21,22). The van der Waals surface area contributed by atoms with E-state index in [0.717, 1.165) is 49.1 Å². The minimum absolute atomic E-state index is 0.625.